The van der Waals surface area contributed by atoms with Crippen molar-refractivity contribution in [3.05, 3.63) is 47.5 Å². The van der Waals surface area contributed by atoms with E-state index in [1.165, 1.54) is 11.3 Å². The first-order valence-corrected chi connectivity index (χ1v) is 10.6. The highest BCUT2D eigenvalue weighted by Gasteiger charge is 2.45. The number of carbonyl (C=O) groups excluding carboxylic acids is 1. The number of hydrogen-bond acceptors (Lipinski definition) is 7. The summed E-state index contributed by atoms with van der Waals surface area (Å²) < 4.78 is 0. The van der Waals surface area contributed by atoms with Gasteiger partial charge in [0, 0.05) is 43.2 Å². The van der Waals surface area contributed by atoms with Gasteiger partial charge in [-0.2, -0.15) is 0 Å². The van der Waals surface area contributed by atoms with Crippen molar-refractivity contribution in [2.75, 3.05) is 18.9 Å². The highest BCUT2D eigenvalue weighted by atomic mass is 32.1. The summed E-state index contributed by atoms with van der Waals surface area (Å²) in [5, 5.41) is 17.0. The van der Waals surface area contributed by atoms with E-state index in [0.29, 0.717) is 30.5 Å². The smallest absolute Gasteiger partial charge is 0.258 e. The Labute approximate surface area is 172 Å². The number of benzene rings is 1. The molecular formula is C21H21N5O2S. The second-order valence-electron chi connectivity index (χ2n) is 7.64. The molecule has 8 heteroatoms. The SMILES string of the molecule is CN1CC[C@@](O)(c2cccc(-c3nc(-c4ccnc(NC5CC5)n4)cs3)c2)C1=O. The Morgan fingerprint density at radius 1 is 1.24 bits per heavy atom. The summed E-state index contributed by atoms with van der Waals surface area (Å²) in [4.78, 5) is 27.6. The fourth-order valence-corrected chi connectivity index (χ4v) is 4.35. The first kappa shape index (κ1) is 18.2. The van der Waals surface area contributed by atoms with Crippen LogP contribution in [0.25, 0.3) is 22.0 Å². The van der Waals surface area contributed by atoms with Crippen molar-refractivity contribution >= 4 is 23.2 Å². The number of aromatic nitrogens is 3. The van der Waals surface area contributed by atoms with Crippen molar-refractivity contribution in [3.63, 3.8) is 0 Å². The molecule has 1 atom stereocenters. The van der Waals surface area contributed by atoms with Gasteiger partial charge >= 0.3 is 0 Å². The van der Waals surface area contributed by atoms with Gasteiger partial charge in [0.25, 0.3) is 5.91 Å². The number of rotatable bonds is 5. The van der Waals surface area contributed by atoms with Crippen molar-refractivity contribution in [2.24, 2.45) is 0 Å². The third-order valence-corrected chi connectivity index (χ3v) is 6.32. The van der Waals surface area contributed by atoms with E-state index in [-0.39, 0.29) is 5.91 Å². The minimum absolute atomic E-state index is 0.258. The average molecular weight is 407 g/mol. The summed E-state index contributed by atoms with van der Waals surface area (Å²) in [5.74, 6) is 0.374. The Balaban J connectivity index is 1.43. The Kier molecular flexibility index (Phi) is 4.33. The predicted molar refractivity (Wildman–Crippen MR) is 111 cm³/mol. The summed E-state index contributed by atoms with van der Waals surface area (Å²) in [6.07, 6.45) is 4.46. The molecule has 7 nitrogen and oxygen atoms in total. The number of nitrogens with zero attached hydrogens (tertiary/aromatic N) is 4. The zero-order valence-electron chi connectivity index (χ0n) is 16.0. The zero-order valence-corrected chi connectivity index (χ0v) is 16.8. The molecule has 1 aromatic carbocycles. The molecule has 29 heavy (non-hydrogen) atoms. The fraction of sp³-hybridized carbons (Fsp3) is 0.333. The van der Waals surface area contributed by atoms with Crippen molar-refractivity contribution in [2.45, 2.75) is 30.9 Å². The summed E-state index contributed by atoms with van der Waals surface area (Å²) in [6.45, 7) is 0.548. The summed E-state index contributed by atoms with van der Waals surface area (Å²) in [6, 6.07) is 9.80. The molecule has 3 aromatic rings. The van der Waals surface area contributed by atoms with E-state index >= 15 is 0 Å². The molecule has 1 aliphatic heterocycles. The standard InChI is InChI=1S/C21H21N5O2S/c1-26-10-8-21(28,19(26)27)14-4-2-3-13(11-14)18-24-17(12-29-18)16-7-9-22-20(25-16)23-15-5-6-15/h2-4,7,9,11-12,15,28H,5-6,8,10H2,1H3,(H,22,23,25)/t21-/m1/s1. The van der Waals surface area contributed by atoms with Crippen LogP contribution in [0.5, 0.6) is 0 Å². The van der Waals surface area contributed by atoms with Gasteiger partial charge in [-0.3, -0.25) is 4.79 Å². The minimum atomic E-state index is -1.46. The van der Waals surface area contributed by atoms with Gasteiger partial charge in [-0.25, -0.2) is 15.0 Å². The number of likely N-dealkylation sites (tertiary alicyclic amines) is 1. The summed E-state index contributed by atoms with van der Waals surface area (Å²) in [7, 11) is 1.71. The number of likely N-dealkylation sites (N-methyl/N-ethyl adjacent to an activating group) is 1. The molecule has 0 spiro atoms. The Morgan fingerprint density at radius 2 is 2.10 bits per heavy atom. The van der Waals surface area contributed by atoms with Crippen LogP contribution in [0.15, 0.2) is 41.9 Å². The molecule has 2 fully saturated rings. The molecule has 2 N–H and O–H groups in total. The lowest BCUT2D eigenvalue weighted by atomic mass is 9.91. The van der Waals surface area contributed by atoms with Crippen molar-refractivity contribution in [1.29, 1.82) is 0 Å². The second kappa shape index (κ2) is 6.89. The molecule has 0 radical (unpaired) electrons. The molecule has 2 aromatic heterocycles. The normalized spacial score (nSPS) is 21.6. The van der Waals surface area contributed by atoms with Crippen LogP contribution in [0.2, 0.25) is 0 Å². The minimum Gasteiger partial charge on any atom is -0.375 e. The molecule has 1 aliphatic carbocycles. The van der Waals surface area contributed by atoms with Crippen LogP contribution < -0.4 is 5.32 Å². The van der Waals surface area contributed by atoms with Crippen LogP contribution in [0.1, 0.15) is 24.8 Å². The second-order valence-corrected chi connectivity index (χ2v) is 8.50. The zero-order chi connectivity index (χ0) is 20.0. The van der Waals surface area contributed by atoms with Crippen LogP contribution in [0.4, 0.5) is 5.95 Å². The van der Waals surface area contributed by atoms with E-state index in [1.54, 1.807) is 24.2 Å². The van der Waals surface area contributed by atoms with Gasteiger partial charge in [0.1, 0.15) is 10.7 Å². The van der Waals surface area contributed by atoms with Gasteiger partial charge in [0.2, 0.25) is 5.95 Å². The van der Waals surface area contributed by atoms with Crippen LogP contribution in [0, 0.1) is 0 Å². The number of amides is 1. The van der Waals surface area contributed by atoms with Crippen molar-refractivity contribution in [1.82, 2.24) is 19.9 Å². The first-order valence-electron chi connectivity index (χ1n) is 9.67. The number of anilines is 1. The van der Waals surface area contributed by atoms with Crippen LogP contribution in [-0.2, 0) is 10.4 Å². The number of carbonyl (C=O) groups is 1. The summed E-state index contributed by atoms with van der Waals surface area (Å²) >= 11 is 1.51. The Hall–Kier alpha value is -2.84. The Morgan fingerprint density at radius 3 is 2.86 bits per heavy atom. The van der Waals surface area contributed by atoms with Crippen LogP contribution in [-0.4, -0.2) is 50.5 Å². The number of aliphatic hydroxyl groups is 1. The van der Waals surface area contributed by atoms with Crippen molar-refractivity contribution < 1.29 is 9.90 Å². The lowest BCUT2D eigenvalue weighted by molar-refractivity contribution is -0.143. The van der Waals surface area contributed by atoms with E-state index in [2.05, 4.69) is 15.3 Å². The van der Waals surface area contributed by atoms with Gasteiger partial charge in [0.05, 0.1) is 5.69 Å². The van der Waals surface area contributed by atoms with Gasteiger partial charge in [-0.05, 0) is 30.5 Å². The molecule has 1 saturated carbocycles. The third-order valence-electron chi connectivity index (χ3n) is 5.43. The lowest BCUT2D eigenvalue weighted by Crippen LogP contribution is -2.36. The van der Waals surface area contributed by atoms with Crippen LogP contribution >= 0.6 is 11.3 Å². The topological polar surface area (TPSA) is 91.2 Å². The first-order chi connectivity index (χ1) is 14.0. The average Bonchev–Trinajstić information content (AvgIpc) is 3.34. The van der Waals surface area contributed by atoms with E-state index in [4.69, 9.17) is 4.98 Å². The van der Waals surface area contributed by atoms with Gasteiger partial charge in [0.15, 0.2) is 5.60 Å². The number of thiazole rings is 1. The maximum atomic E-state index is 12.4. The molecule has 148 valence electrons. The molecule has 2 aliphatic rings. The molecule has 1 amide bonds. The molecule has 0 bridgehead atoms. The maximum Gasteiger partial charge on any atom is 0.258 e. The Bertz CT molecular complexity index is 1080. The largest absolute Gasteiger partial charge is 0.375 e. The molecular weight excluding hydrogens is 386 g/mol. The fourth-order valence-electron chi connectivity index (χ4n) is 3.54. The number of hydrogen-bond donors (Lipinski definition) is 2. The summed E-state index contributed by atoms with van der Waals surface area (Å²) in [5.41, 5.74) is 1.58. The molecule has 5 rings (SSSR count). The number of nitrogens with one attached hydrogen (secondary N) is 1. The highest BCUT2D eigenvalue weighted by molar-refractivity contribution is 7.13. The maximum absolute atomic E-state index is 12.4. The molecule has 1 saturated heterocycles. The lowest BCUT2D eigenvalue weighted by Gasteiger charge is -2.21. The van der Waals surface area contributed by atoms with Gasteiger partial charge in [-0.15, -0.1) is 11.3 Å². The van der Waals surface area contributed by atoms with Gasteiger partial charge in [-0.1, -0.05) is 18.2 Å². The third kappa shape index (κ3) is 3.38. The van der Waals surface area contributed by atoms with Gasteiger partial charge < -0.3 is 15.3 Å². The quantitative estimate of drug-likeness (QED) is 0.676. The van der Waals surface area contributed by atoms with Crippen molar-refractivity contribution in [3.8, 4) is 22.0 Å². The van der Waals surface area contributed by atoms with E-state index in [0.717, 1.165) is 34.8 Å². The monoisotopic (exact) mass is 407 g/mol. The van der Waals surface area contributed by atoms with E-state index in [1.807, 2.05) is 29.6 Å². The van der Waals surface area contributed by atoms with E-state index < -0.39 is 5.60 Å². The molecule has 3 heterocycles. The highest BCUT2D eigenvalue weighted by Crippen LogP contribution is 2.36. The predicted octanol–water partition coefficient (Wildman–Crippen LogP) is 2.89. The van der Waals surface area contributed by atoms with Crippen LogP contribution in [0.3, 0.4) is 0 Å². The van der Waals surface area contributed by atoms with E-state index in [9.17, 15) is 9.90 Å². The molecule has 0 unspecified atom stereocenters.